The Bertz CT molecular complexity index is 442. The number of carbonyl (C=O) groups excluding carboxylic acids is 1. The Balaban J connectivity index is 2.48. The van der Waals surface area contributed by atoms with Gasteiger partial charge in [-0.15, -0.1) is 0 Å². The maximum absolute atomic E-state index is 13.6. The van der Waals surface area contributed by atoms with Crippen molar-refractivity contribution in [3.8, 4) is 17.2 Å². The number of carbonyl (C=O) groups is 1. The number of aromatic hydroxyl groups is 1. The Morgan fingerprint density at radius 3 is 2.88 bits per heavy atom. The smallest absolute Gasteiger partial charge is 0.210 e. The summed E-state index contributed by atoms with van der Waals surface area (Å²) in [4.78, 5) is 10.9. The fraction of sp³-hybridized carbons (Fsp3) is 0.364. The van der Waals surface area contributed by atoms with Crippen LogP contribution < -0.4 is 9.47 Å². The molecular weight excluding hydrogens is 215 g/mol. The second-order valence-electron chi connectivity index (χ2n) is 3.60. The number of Topliss-reactive ketones (excluding diaryl/α,β-unsaturated/α-hetero) is 1. The van der Waals surface area contributed by atoms with E-state index in [1.165, 1.54) is 13.0 Å². The van der Waals surface area contributed by atoms with E-state index in [9.17, 15) is 14.3 Å². The van der Waals surface area contributed by atoms with Crippen LogP contribution in [0, 0.1) is 5.82 Å². The van der Waals surface area contributed by atoms with Crippen LogP contribution >= 0.6 is 0 Å². The van der Waals surface area contributed by atoms with E-state index in [1.807, 2.05) is 0 Å². The largest absolute Gasteiger partial charge is 0.505 e. The minimum absolute atomic E-state index is 0.0284. The van der Waals surface area contributed by atoms with Crippen molar-refractivity contribution in [1.29, 1.82) is 0 Å². The van der Waals surface area contributed by atoms with Gasteiger partial charge in [-0.2, -0.15) is 4.39 Å². The van der Waals surface area contributed by atoms with Gasteiger partial charge in [-0.25, -0.2) is 0 Å². The molecule has 0 saturated carbocycles. The lowest BCUT2D eigenvalue weighted by molar-refractivity contribution is -0.116. The summed E-state index contributed by atoms with van der Waals surface area (Å²) in [5.74, 6) is -1.42. The molecule has 0 atom stereocenters. The SMILES string of the molecule is CC(=O)Cc1cc2c(c(F)c1O)OCCO2. The summed E-state index contributed by atoms with van der Waals surface area (Å²) in [5, 5.41) is 9.54. The van der Waals surface area contributed by atoms with Gasteiger partial charge in [0.05, 0.1) is 0 Å². The summed E-state index contributed by atoms with van der Waals surface area (Å²) in [6.45, 7) is 1.94. The van der Waals surface area contributed by atoms with Crippen LogP contribution in [0.5, 0.6) is 17.2 Å². The van der Waals surface area contributed by atoms with Crippen molar-refractivity contribution >= 4 is 5.78 Å². The molecule has 86 valence electrons. The zero-order valence-corrected chi connectivity index (χ0v) is 8.75. The van der Waals surface area contributed by atoms with E-state index in [-0.39, 0.29) is 35.9 Å². The first kappa shape index (κ1) is 10.7. The fourth-order valence-corrected chi connectivity index (χ4v) is 1.59. The summed E-state index contributed by atoms with van der Waals surface area (Å²) in [6, 6.07) is 1.44. The van der Waals surface area contributed by atoms with Crippen molar-refractivity contribution in [2.75, 3.05) is 13.2 Å². The first-order valence-electron chi connectivity index (χ1n) is 4.89. The Labute approximate surface area is 91.6 Å². The van der Waals surface area contributed by atoms with Crippen LogP contribution in [0.3, 0.4) is 0 Å². The summed E-state index contributed by atoms with van der Waals surface area (Å²) in [7, 11) is 0. The molecule has 1 aliphatic rings. The van der Waals surface area contributed by atoms with Gasteiger partial charge in [0, 0.05) is 12.0 Å². The van der Waals surface area contributed by atoms with Gasteiger partial charge in [0.15, 0.2) is 11.5 Å². The molecule has 1 aromatic rings. The molecule has 1 heterocycles. The number of hydrogen-bond acceptors (Lipinski definition) is 4. The molecule has 16 heavy (non-hydrogen) atoms. The van der Waals surface area contributed by atoms with Crippen LogP contribution in [0.2, 0.25) is 0 Å². The zero-order valence-electron chi connectivity index (χ0n) is 8.75. The molecule has 0 spiro atoms. The maximum atomic E-state index is 13.6. The van der Waals surface area contributed by atoms with Gasteiger partial charge in [0.1, 0.15) is 19.0 Å². The van der Waals surface area contributed by atoms with Crippen molar-refractivity contribution in [2.45, 2.75) is 13.3 Å². The van der Waals surface area contributed by atoms with Gasteiger partial charge in [-0.1, -0.05) is 0 Å². The van der Waals surface area contributed by atoms with E-state index in [4.69, 9.17) is 9.47 Å². The van der Waals surface area contributed by atoms with E-state index in [0.29, 0.717) is 6.61 Å². The number of phenols is 1. The molecule has 0 aliphatic carbocycles. The Kier molecular flexibility index (Phi) is 2.68. The van der Waals surface area contributed by atoms with Crippen molar-refractivity contribution in [2.24, 2.45) is 0 Å². The van der Waals surface area contributed by atoms with Crippen LogP contribution in [0.4, 0.5) is 4.39 Å². The predicted molar refractivity (Wildman–Crippen MR) is 53.4 cm³/mol. The molecular formula is C11H11FO4. The van der Waals surface area contributed by atoms with E-state index < -0.39 is 11.6 Å². The van der Waals surface area contributed by atoms with E-state index >= 15 is 0 Å². The lowest BCUT2D eigenvalue weighted by Crippen LogP contribution is -2.17. The third kappa shape index (κ3) is 1.80. The van der Waals surface area contributed by atoms with Crippen molar-refractivity contribution in [3.63, 3.8) is 0 Å². The first-order valence-corrected chi connectivity index (χ1v) is 4.89. The van der Waals surface area contributed by atoms with Gasteiger partial charge in [0.25, 0.3) is 0 Å². The van der Waals surface area contributed by atoms with Gasteiger partial charge in [-0.3, -0.25) is 4.79 Å². The lowest BCUT2D eigenvalue weighted by Gasteiger charge is -2.20. The van der Waals surface area contributed by atoms with E-state index in [0.717, 1.165) is 0 Å². The molecule has 1 aromatic carbocycles. The van der Waals surface area contributed by atoms with Crippen LogP contribution in [0.15, 0.2) is 6.07 Å². The van der Waals surface area contributed by atoms with Crippen LogP contribution in [-0.4, -0.2) is 24.1 Å². The maximum Gasteiger partial charge on any atom is 0.210 e. The number of halogens is 1. The summed E-state index contributed by atoms with van der Waals surface area (Å²) in [5.41, 5.74) is 0.217. The minimum atomic E-state index is -0.867. The highest BCUT2D eigenvalue weighted by atomic mass is 19.1. The normalized spacial score (nSPS) is 13.6. The summed E-state index contributed by atoms with van der Waals surface area (Å²) < 4.78 is 23.9. The van der Waals surface area contributed by atoms with Gasteiger partial charge < -0.3 is 14.6 Å². The molecule has 0 bridgehead atoms. The van der Waals surface area contributed by atoms with Crippen LogP contribution in [0.1, 0.15) is 12.5 Å². The van der Waals surface area contributed by atoms with Crippen molar-refractivity contribution in [1.82, 2.24) is 0 Å². The molecule has 1 aliphatic heterocycles. The molecule has 0 amide bonds. The molecule has 2 rings (SSSR count). The highest BCUT2D eigenvalue weighted by Crippen LogP contribution is 2.40. The molecule has 0 unspecified atom stereocenters. The number of ketones is 1. The number of ether oxygens (including phenoxy) is 2. The topological polar surface area (TPSA) is 55.8 Å². The number of hydrogen-bond donors (Lipinski definition) is 1. The lowest BCUT2D eigenvalue weighted by atomic mass is 10.1. The number of rotatable bonds is 2. The molecule has 0 fully saturated rings. The molecule has 0 aromatic heterocycles. The Hall–Kier alpha value is -1.78. The first-order chi connectivity index (χ1) is 7.59. The minimum Gasteiger partial charge on any atom is -0.505 e. The molecule has 0 radical (unpaired) electrons. The van der Waals surface area contributed by atoms with Gasteiger partial charge >= 0.3 is 0 Å². The quantitative estimate of drug-likeness (QED) is 0.828. The molecule has 4 nitrogen and oxygen atoms in total. The second-order valence-corrected chi connectivity index (χ2v) is 3.60. The van der Waals surface area contributed by atoms with Crippen molar-refractivity contribution in [3.05, 3.63) is 17.4 Å². The average Bonchev–Trinajstić information content (AvgIpc) is 2.25. The number of phenolic OH excluding ortho intramolecular Hbond substituents is 1. The van der Waals surface area contributed by atoms with Crippen LogP contribution in [0.25, 0.3) is 0 Å². The van der Waals surface area contributed by atoms with Crippen molar-refractivity contribution < 1.29 is 23.8 Å². The number of benzene rings is 1. The van der Waals surface area contributed by atoms with E-state index in [2.05, 4.69) is 0 Å². The van der Waals surface area contributed by atoms with Gasteiger partial charge in [-0.05, 0) is 13.0 Å². The average molecular weight is 226 g/mol. The number of fused-ring (bicyclic) bond motifs is 1. The Morgan fingerprint density at radius 1 is 1.50 bits per heavy atom. The standard InChI is InChI=1S/C11H11FO4/c1-6(13)4-7-5-8-11(9(12)10(7)14)16-3-2-15-8/h5,14H,2-4H2,1H3. The zero-order chi connectivity index (χ0) is 11.7. The predicted octanol–water partition coefficient (Wildman–Crippen LogP) is 1.43. The highest BCUT2D eigenvalue weighted by Gasteiger charge is 2.23. The Morgan fingerprint density at radius 2 is 2.19 bits per heavy atom. The molecule has 0 saturated heterocycles. The summed E-state index contributed by atoms with van der Waals surface area (Å²) in [6.07, 6.45) is -0.0284. The fourth-order valence-electron chi connectivity index (χ4n) is 1.59. The highest BCUT2D eigenvalue weighted by molar-refractivity contribution is 5.79. The third-order valence-electron chi connectivity index (χ3n) is 2.27. The molecule has 5 heteroatoms. The second kappa shape index (κ2) is 4.00. The van der Waals surface area contributed by atoms with E-state index in [1.54, 1.807) is 0 Å². The van der Waals surface area contributed by atoms with Crippen LogP contribution in [-0.2, 0) is 11.2 Å². The summed E-state index contributed by atoms with van der Waals surface area (Å²) >= 11 is 0. The monoisotopic (exact) mass is 226 g/mol. The molecule has 1 N–H and O–H groups in total. The van der Waals surface area contributed by atoms with Gasteiger partial charge in [0.2, 0.25) is 11.6 Å². The third-order valence-corrected chi connectivity index (χ3v) is 2.27.